The van der Waals surface area contributed by atoms with Crippen LogP contribution in [0.15, 0.2) is 34.9 Å². The quantitative estimate of drug-likeness (QED) is 0.800. The number of carbonyl (C=O) groups excluding carboxylic acids is 1. The molecule has 0 atom stereocenters. The van der Waals surface area contributed by atoms with Crippen molar-refractivity contribution in [2.45, 2.75) is 32.1 Å². The van der Waals surface area contributed by atoms with Gasteiger partial charge in [-0.3, -0.25) is 4.79 Å². The number of aryl methyl sites for hydroxylation is 1. The first kappa shape index (κ1) is 18.9. The zero-order valence-corrected chi connectivity index (χ0v) is 16.0. The number of benzene rings is 1. The molecule has 1 aliphatic rings. The van der Waals surface area contributed by atoms with Crippen molar-refractivity contribution in [3.63, 3.8) is 0 Å². The molecule has 1 aromatic carbocycles. The predicted molar refractivity (Wildman–Crippen MR) is 103 cm³/mol. The van der Waals surface area contributed by atoms with Gasteiger partial charge in [0.1, 0.15) is 0 Å². The number of nitrogens with zero attached hydrogens (tertiary/aromatic N) is 2. The summed E-state index contributed by atoms with van der Waals surface area (Å²) in [6.07, 6.45) is 6.09. The first-order chi connectivity index (χ1) is 12.7. The van der Waals surface area contributed by atoms with Gasteiger partial charge in [0.25, 0.3) is 0 Å². The third-order valence-electron chi connectivity index (χ3n) is 5.00. The lowest BCUT2D eigenvalue weighted by Gasteiger charge is -2.32. The topological polar surface area (TPSA) is 58.4 Å². The number of hydrogen-bond donors (Lipinski definition) is 1. The SMILES string of the molecule is CNCCC1CCN(C(=O)CCc2ncc(-c3ccc(Cl)cc3)o2)CC1. The molecule has 0 bridgehead atoms. The molecular weight excluding hydrogens is 350 g/mol. The third-order valence-corrected chi connectivity index (χ3v) is 5.26. The largest absolute Gasteiger partial charge is 0.441 e. The lowest BCUT2D eigenvalue weighted by Crippen LogP contribution is -2.39. The summed E-state index contributed by atoms with van der Waals surface area (Å²) < 4.78 is 5.78. The van der Waals surface area contributed by atoms with Crippen LogP contribution in [0.1, 0.15) is 31.6 Å². The monoisotopic (exact) mass is 375 g/mol. The fraction of sp³-hybridized carbons (Fsp3) is 0.500. The van der Waals surface area contributed by atoms with Crippen LogP contribution in [0.4, 0.5) is 0 Å². The number of amides is 1. The van der Waals surface area contributed by atoms with Gasteiger partial charge in [-0.05, 0) is 63.0 Å². The number of halogens is 1. The minimum Gasteiger partial charge on any atom is -0.441 e. The highest BCUT2D eigenvalue weighted by molar-refractivity contribution is 6.30. The number of rotatable bonds is 7. The van der Waals surface area contributed by atoms with Gasteiger partial charge in [-0.1, -0.05) is 11.6 Å². The molecule has 140 valence electrons. The molecule has 0 spiro atoms. The van der Waals surface area contributed by atoms with Crippen LogP contribution in [0, 0.1) is 5.92 Å². The van der Waals surface area contributed by atoms with E-state index in [-0.39, 0.29) is 5.91 Å². The van der Waals surface area contributed by atoms with Crippen molar-refractivity contribution in [2.24, 2.45) is 5.92 Å². The van der Waals surface area contributed by atoms with E-state index >= 15 is 0 Å². The fourth-order valence-corrected chi connectivity index (χ4v) is 3.49. The zero-order chi connectivity index (χ0) is 18.4. The zero-order valence-electron chi connectivity index (χ0n) is 15.2. The minimum atomic E-state index is 0.198. The van der Waals surface area contributed by atoms with Gasteiger partial charge < -0.3 is 14.6 Å². The van der Waals surface area contributed by atoms with E-state index in [1.807, 2.05) is 36.2 Å². The molecule has 2 heterocycles. The number of oxazole rings is 1. The molecule has 5 nitrogen and oxygen atoms in total. The average molecular weight is 376 g/mol. The second-order valence-electron chi connectivity index (χ2n) is 6.84. The molecule has 2 aromatic rings. The molecule has 6 heteroatoms. The Morgan fingerprint density at radius 3 is 2.73 bits per heavy atom. The molecule has 1 amide bonds. The Kier molecular flexibility index (Phi) is 6.69. The van der Waals surface area contributed by atoms with Crippen LogP contribution >= 0.6 is 11.6 Å². The first-order valence-electron chi connectivity index (χ1n) is 9.28. The van der Waals surface area contributed by atoms with Crippen molar-refractivity contribution < 1.29 is 9.21 Å². The third kappa shape index (κ3) is 5.08. The predicted octanol–water partition coefficient (Wildman–Crippen LogP) is 3.78. The van der Waals surface area contributed by atoms with Crippen molar-refractivity contribution in [2.75, 3.05) is 26.7 Å². The molecule has 3 rings (SSSR count). The highest BCUT2D eigenvalue weighted by Gasteiger charge is 2.22. The summed E-state index contributed by atoms with van der Waals surface area (Å²) in [4.78, 5) is 18.7. The lowest BCUT2D eigenvalue weighted by molar-refractivity contribution is -0.132. The van der Waals surface area contributed by atoms with Gasteiger partial charge >= 0.3 is 0 Å². The standard InChI is InChI=1S/C20H26ClN3O2/c1-22-11-8-15-9-12-24(13-10-15)20(25)7-6-19-23-14-18(26-19)16-2-4-17(21)5-3-16/h2-5,14-15,22H,6-13H2,1H3. The van der Waals surface area contributed by atoms with Crippen molar-refractivity contribution >= 4 is 17.5 Å². The Bertz CT molecular complexity index is 706. The maximum atomic E-state index is 12.4. The summed E-state index contributed by atoms with van der Waals surface area (Å²) in [5.41, 5.74) is 0.933. The maximum Gasteiger partial charge on any atom is 0.223 e. The number of hydrogen-bond acceptors (Lipinski definition) is 4. The van der Waals surface area contributed by atoms with Crippen LogP contribution in [0.5, 0.6) is 0 Å². The van der Waals surface area contributed by atoms with Gasteiger partial charge in [-0.25, -0.2) is 4.98 Å². The van der Waals surface area contributed by atoms with Crippen molar-refractivity contribution in [1.82, 2.24) is 15.2 Å². The van der Waals surface area contributed by atoms with Crippen LogP contribution in [-0.4, -0.2) is 42.5 Å². The molecule has 26 heavy (non-hydrogen) atoms. The molecule has 1 fully saturated rings. The van der Waals surface area contributed by atoms with Crippen LogP contribution in [0.25, 0.3) is 11.3 Å². The Morgan fingerprint density at radius 1 is 1.31 bits per heavy atom. The number of piperidine rings is 1. The molecule has 1 aliphatic heterocycles. The number of likely N-dealkylation sites (tertiary alicyclic amines) is 1. The van der Waals surface area contributed by atoms with Gasteiger partial charge in [-0.2, -0.15) is 0 Å². The molecule has 1 aromatic heterocycles. The average Bonchev–Trinajstić information content (AvgIpc) is 3.14. The van der Waals surface area contributed by atoms with E-state index in [0.717, 1.165) is 44.0 Å². The van der Waals surface area contributed by atoms with Crippen molar-refractivity contribution in [3.8, 4) is 11.3 Å². The van der Waals surface area contributed by atoms with E-state index in [1.165, 1.54) is 6.42 Å². The van der Waals surface area contributed by atoms with E-state index in [2.05, 4.69) is 10.3 Å². The van der Waals surface area contributed by atoms with Gasteiger partial charge in [0.2, 0.25) is 5.91 Å². The van der Waals surface area contributed by atoms with Crippen LogP contribution in [0.3, 0.4) is 0 Å². The Labute approximate surface area is 159 Å². The number of aromatic nitrogens is 1. The Balaban J connectivity index is 1.46. The van der Waals surface area contributed by atoms with E-state index < -0.39 is 0 Å². The Morgan fingerprint density at radius 2 is 2.04 bits per heavy atom. The number of carbonyl (C=O) groups is 1. The summed E-state index contributed by atoms with van der Waals surface area (Å²) in [7, 11) is 1.99. The summed E-state index contributed by atoms with van der Waals surface area (Å²) in [6, 6.07) is 7.44. The lowest BCUT2D eigenvalue weighted by atomic mass is 9.93. The molecule has 1 saturated heterocycles. The second kappa shape index (κ2) is 9.19. The van der Waals surface area contributed by atoms with Gasteiger partial charge in [0, 0.05) is 36.5 Å². The normalized spacial score (nSPS) is 15.4. The van der Waals surface area contributed by atoms with Crippen LogP contribution in [-0.2, 0) is 11.2 Å². The van der Waals surface area contributed by atoms with Crippen LogP contribution < -0.4 is 5.32 Å². The highest BCUT2D eigenvalue weighted by Crippen LogP contribution is 2.24. The Hall–Kier alpha value is -1.85. The fourth-order valence-electron chi connectivity index (χ4n) is 3.36. The summed E-state index contributed by atoms with van der Waals surface area (Å²) in [5, 5.41) is 3.89. The summed E-state index contributed by atoms with van der Waals surface area (Å²) in [6.45, 7) is 2.79. The second-order valence-corrected chi connectivity index (χ2v) is 7.28. The summed E-state index contributed by atoms with van der Waals surface area (Å²) >= 11 is 5.91. The van der Waals surface area contributed by atoms with Gasteiger partial charge in [0.05, 0.1) is 6.20 Å². The van der Waals surface area contributed by atoms with E-state index in [0.29, 0.717) is 29.5 Å². The molecule has 0 radical (unpaired) electrons. The van der Waals surface area contributed by atoms with E-state index in [1.54, 1.807) is 6.20 Å². The maximum absolute atomic E-state index is 12.4. The summed E-state index contributed by atoms with van der Waals surface area (Å²) in [5.74, 6) is 2.24. The van der Waals surface area contributed by atoms with E-state index in [9.17, 15) is 4.79 Å². The number of nitrogens with one attached hydrogen (secondary N) is 1. The van der Waals surface area contributed by atoms with Crippen molar-refractivity contribution in [3.05, 3.63) is 41.4 Å². The molecule has 1 N–H and O–H groups in total. The first-order valence-corrected chi connectivity index (χ1v) is 9.66. The molecule has 0 saturated carbocycles. The molecule has 0 unspecified atom stereocenters. The van der Waals surface area contributed by atoms with E-state index in [4.69, 9.17) is 16.0 Å². The van der Waals surface area contributed by atoms with Crippen molar-refractivity contribution in [1.29, 1.82) is 0 Å². The highest BCUT2D eigenvalue weighted by atomic mass is 35.5. The van der Waals surface area contributed by atoms with Gasteiger partial charge in [-0.15, -0.1) is 0 Å². The molecular formula is C20H26ClN3O2. The smallest absolute Gasteiger partial charge is 0.223 e. The molecule has 0 aliphatic carbocycles. The van der Waals surface area contributed by atoms with Gasteiger partial charge in [0.15, 0.2) is 11.7 Å². The van der Waals surface area contributed by atoms with Crippen LogP contribution in [0.2, 0.25) is 5.02 Å². The minimum absolute atomic E-state index is 0.198.